The molecule has 0 unspecified atom stereocenters. The predicted octanol–water partition coefficient (Wildman–Crippen LogP) is 4.44. The molecule has 1 aromatic heterocycles. The lowest BCUT2D eigenvalue weighted by Crippen LogP contribution is -2.42. The molecule has 6 heteroatoms. The molecule has 0 aliphatic heterocycles. The van der Waals surface area contributed by atoms with Gasteiger partial charge in [-0.2, -0.15) is 4.98 Å². The first-order valence-corrected chi connectivity index (χ1v) is 9.34. The lowest BCUT2D eigenvalue weighted by atomic mass is 9.64. The second-order valence-corrected chi connectivity index (χ2v) is 7.02. The van der Waals surface area contributed by atoms with Gasteiger partial charge in [-0.1, -0.05) is 48.9 Å². The van der Waals surface area contributed by atoms with Crippen molar-refractivity contribution in [1.82, 2.24) is 9.97 Å². The Balaban J connectivity index is 1.60. The van der Waals surface area contributed by atoms with Crippen LogP contribution in [-0.4, -0.2) is 28.1 Å². The molecular weight excluding hydrogens is 352 g/mol. The van der Waals surface area contributed by atoms with Crippen LogP contribution in [0.5, 0.6) is 0 Å². The Kier molecular flexibility index (Phi) is 4.69. The van der Waals surface area contributed by atoms with Gasteiger partial charge in [0.25, 0.3) is 0 Å². The van der Waals surface area contributed by atoms with E-state index in [2.05, 4.69) is 20.6 Å². The number of hydrogen-bond donors (Lipinski definition) is 3. The molecular formula is C22H22N4O2. The molecule has 2 aromatic carbocycles. The summed E-state index contributed by atoms with van der Waals surface area (Å²) in [6.45, 7) is 0. The van der Waals surface area contributed by atoms with Gasteiger partial charge in [-0.3, -0.25) is 4.79 Å². The van der Waals surface area contributed by atoms with Crippen molar-refractivity contribution in [2.45, 2.75) is 24.7 Å². The molecule has 1 fully saturated rings. The fraction of sp³-hybridized carbons (Fsp3) is 0.227. The molecule has 142 valence electrons. The summed E-state index contributed by atoms with van der Waals surface area (Å²) in [5, 5.41) is 15.9. The SMILES string of the molecule is CNc1cc(-c2ccccc2)nc(Nc2ccc(C3(C(=O)O)CCC3)cc2)n1. The van der Waals surface area contributed by atoms with Crippen LogP contribution in [0, 0.1) is 0 Å². The first-order chi connectivity index (χ1) is 13.6. The van der Waals surface area contributed by atoms with Gasteiger partial charge in [0.05, 0.1) is 11.1 Å². The van der Waals surface area contributed by atoms with Gasteiger partial charge in [0.2, 0.25) is 5.95 Å². The maximum absolute atomic E-state index is 11.7. The Hall–Kier alpha value is -3.41. The molecule has 0 atom stereocenters. The van der Waals surface area contributed by atoms with Crippen molar-refractivity contribution >= 4 is 23.4 Å². The lowest BCUT2D eigenvalue weighted by Gasteiger charge is -2.38. The number of carbonyl (C=O) groups is 1. The highest BCUT2D eigenvalue weighted by molar-refractivity contribution is 5.82. The fourth-order valence-electron chi connectivity index (χ4n) is 3.55. The highest BCUT2D eigenvalue weighted by Crippen LogP contribution is 2.44. The summed E-state index contributed by atoms with van der Waals surface area (Å²) in [7, 11) is 1.82. The maximum atomic E-state index is 11.7. The second-order valence-electron chi connectivity index (χ2n) is 7.02. The molecule has 1 aliphatic carbocycles. The van der Waals surface area contributed by atoms with Gasteiger partial charge >= 0.3 is 5.97 Å². The number of hydrogen-bond acceptors (Lipinski definition) is 5. The van der Waals surface area contributed by atoms with E-state index in [9.17, 15) is 9.90 Å². The third kappa shape index (κ3) is 3.29. The number of anilines is 3. The van der Waals surface area contributed by atoms with Gasteiger partial charge < -0.3 is 15.7 Å². The predicted molar refractivity (Wildman–Crippen MR) is 110 cm³/mol. The van der Waals surface area contributed by atoms with Gasteiger partial charge in [0.15, 0.2) is 0 Å². The summed E-state index contributed by atoms with van der Waals surface area (Å²) in [5.41, 5.74) is 2.77. The lowest BCUT2D eigenvalue weighted by molar-refractivity contribution is -0.147. The number of benzene rings is 2. The summed E-state index contributed by atoms with van der Waals surface area (Å²) in [6, 6.07) is 19.4. The molecule has 0 bridgehead atoms. The fourth-order valence-corrected chi connectivity index (χ4v) is 3.55. The topological polar surface area (TPSA) is 87.1 Å². The monoisotopic (exact) mass is 374 g/mol. The van der Waals surface area contributed by atoms with Gasteiger partial charge in [-0.15, -0.1) is 0 Å². The molecule has 28 heavy (non-hydrogen) atoms. The average Bonchev–Trinajstić information content (AvgIpc) is 2.68. The molecule has 3 aromatic rings. The zero-order valence-electron chi connectivity index (χ0n) is 15.6. The molecule has 0 spiro atoms. The van der Waals surface area contributed by atoms with Crippen molar-refractivity contribution in [1.29, 1.82) is 0 Å². The van der Waals surface area contributed by atoms with E-state index in [0.717, 1.165) is 28.9 Å². The number of aromatic nitrogens is 2. The molecule has 0 saturated heterocycles. The standard InChI is InChI=1S/C22H22N4O2/c1-23-19-14-18(15-6-3-2-4-7-15)25-21(26-19)24-17-10-8-16(9-11-17)22(20(27)28)12-5-13-22/h2-4,6-11,14H,5,12-13H2,1H3,(H,27,28)(H2,23,24,25,26). The van der Waals surface area contributed by atoms with Gasteiger partial charge in [-0.25, -0.2) is 4.98 Å². The van der Waals surface area contributed by atoms with E-state index in [1.807, 2.05) is 67.7 Å². The van der Waals surface area contributed by atoms with Crippen molar-refractivity contribution in [3.63, 3.8) is 0 Å². The first kappa shape index (κ1) is 18.0. The summed E-state index contributed by atoms with van der Waals surface area (Å²) in [4.78, 5) is 20.8. The Labute approximate surface area is 163 Å². The highest BCUT2D eigenvalue weighted by atomic mass is 16.4. The quantitative estimate of drug-likeness (QED) is 0.591. The largest absolute Gasteiger partial charge is 0.481 e. The minimum atomic E-state index is -0.739. The van der Waals surface area contributed by atoms with E-state index in [4.69, 9.17) is 0 Å². The van der Waals surface area contributed by atoms with E-state index in [-0.39, 0.29) is 0 Å². The third-order valence-corrected chi connectivity index (χ3v) is 5.36. The van der Waals surface area contributed by atoms with Gasteiger partial charge in [0.1, 0.15) is 5.82 Å². The smallest absolute Gasteiger partial charge is 0.314 e. The highest BCUT2D eigenvalue weighted by Gasteiger charge is 2.45. The Bertz CT molecular complexity index is 983. The van der Waals surface area contributed by atoms with Crippen LogP contribution in [-0.2, 0) is 10.2 Å². The van der Waals surface area contributed by atoms with Crippen molar-refractivity contribution in [3.8, 4) is 11.3 Å². The van der Waals surface area contributed by atoms with Gasteiger partial charge in [0, 0.05) is 24.4 Å². The van der Waals surface area contributed by atoms with E-state index < -0.39 is 11.4 Å². The molecule has 4 rings (SSSR count). The van der Waals surface area contributed by atoms with Crippen molar-refractivity contribution in [2.75, 3.05) is 17.7 Å². The summed E-state index contributed by atoms with van der Waals surface area (Å²) < 4.78 is 0. The van der Waals surface area contributed by atoms with E-state index in [1.54, 1.807) is 0 Å². The number of carboxylic acids is 1. The van der Waals surface area contributed by atoms with Crippen LogP contribution in [0.1, 0.15) is 24.8 Å². The van der Waals surface area contributed by atoms with E-state index in [0.29, 0.717) is 24.6 Å². The normalized spacial score (nSPS) is 14.8. The average molecular weight is 374 g/mol. The maximum Gasteiger partial charge on any atom is 0.314 e. The van der Waals surface area contributed by atoms with Crippen LogP contribution in [0.4, 0.5) is 17.5 Å². The van der Waals surface area contributed by atoms with Crippen molar-refractivity contribution in [2.24, 2.45) is 0 Å². The molecule has 3 N–H and O–H groups in total. The van der Waals surface area contributed by atoms with Crippen LogP contribution < -0.4 is 10.6 Å². The first-order valence-electron chi connectivity index (χ1n) is 9.34. The van der Waals surface area contributed by atoms with Crippen molar-refractivity contribution < 1.29 is 9.90 Å². The van der Waals surface area contributed by atoms with E-state index >= 15 is 0 Å². The number of nitrogens with zero attached hydrogens (tertiary/aromatic N) is 2. The van der Waals surface area contributed by atoms with Crippen LogP contribution in [0.15, 0.2) is 60.7 Å². The molecule has 1 aliphatic rings. The van der Waals surface area contributed by atoms with Crippen LogP contribution >= 0.6 is 0 Å². The van der Waals surface area contributed by atoms with Crippen LogP contribution in [0.25, 0.3) is 11.3 Å². The summed E-state index contributed by atoms with van der Waals surface area (Å²) in [6.07, 6.45) is 2.35. The van der Waals surface area contributed by atoms with E-state index in [1.165, 1.54) is 0 Å². The second kappa shape index (κ2) is 7.31. The number of carboxylic acid groups (broad SMARTS) is 1. The zero-order valence-corrected chi connectivity index (χ0v) is 15.6. The summed E-state index contributed by atoms with van der Waals surface area (Å²) in [5.74, 6) is 0.458. The summed E-state index contributed by atoms with van der Waals surface area (Å²) >= 11 is 0. The zero-order chi connectivity index (χ0) is 19.6. The number of aliphatic carboxylic acids is 1. The number of rotatable bonds is 6. The van der Waals surface area contributed by atoms with Crippen LogP contribution in [0.3, 0.4) is 0 Å². The van der Waals surface area contributed by atoms with Crippen molar-refractivity contribution in [3.05, 3.63) is 66.2 Å². The Morgan fingerprint density at radius 2 is 1.75 bits per heavy atom. The third-order valence-electron chi connectivity index (χ3n) is 5.36. The van der Waals surface area contributed by atoms with Gasteiger partial charge in [-0.05, 0) is 30.5 Å². The minimum absolute atomic E-state index is 0.482. The number of nitrogens with one attached hydrogen (secondary N) is 2. The molecule has 0 amide bonds. The minimum Gasteiger partial charge on any atom is -0.481 e. The Morgan fingerprint density at radius 1 is 1.04 bits per heavy atom. The molecule has 0 radical (unpaired) electrons. The molecule has 6 nitrogen and oxygen atoms in total. The molecule has 1 heterocycles. The Morgan fingerprint density at radius 3 is 2.32 bits per heavy atom. The van der Waals surface area contributed by atoms with Crippen LogP contribution in [0.2, 0.25) is 0 Å². The molecule has 1 saturated carbocycles.